The largest absolute Gasteiger partial charge is 0.497 e. The molecule has 0 aliphatic rings. The van der Waals surface area contributed by atoms with Crippen LogP contribution in [0.1, 0.15) is 17.7 Å². The van der Waals surface area contributed by atoms with E-state index < -0.39 is 0 Å². The van der Waals surface area contributed by atoms with E-state index in [9.17, 15) is 10.1 Å². The third-order valence-electron chi connectivity index (χ3n) is 6.55. The van der Waals surface area contributed by atoms with Crippen LogP contribution in [-0.4, -0.2) is 35.8 Å². The lowest BCUT2D eigenvalue weighted by atomic mass is 9.98. The van der Waals surface area contributed by atoms with Crippen molar-refractivity contribution in [2.24, 2.45) is 0 Å². The van der Waals surface area contributed by atoms with Crippen molar-refractivity contribution in [1.82, 2.24) is 9.97 Å². The average Bonchev–Trinajstić information content (AvgIpc) is 3.00. The predicted molar refractivity (Wildman–Crippen MR) is 163 cm³/mol. The molecular weight excluding hydrogens is 532 g/mol. The Balaban J connectivity index is 1.45. The minimum Gasteiger partial charge on any atom is -0.497 e. The highest BCUT2D eigenvalue weighted by molar-refractivity contribution is 7.99. The second-order valence-electron chi connectivity index (χ2n) is 9.25. The summed E-state index contributed by atoms with van der Waals surface area (Å²) in [5.41, 5.74) is 5.85. The van der Waals surface area contributed by atoms with Gasteiger partial charge in [0, 0.05) is 39.9 Å². The van der Waals surface area contributed by atoms with Crippen LogP contribution in [0.2, 0.25) is 0 Å². The Morgan fingerprint density at radius 2 is 1.71 bits per heavy atom. The van der Waals surface area contributed by atoms with Gasteiger partial charge in [-0.15, -0.1) is 11.8 Å². The lowest BCUT2D eigenvalue weighted by Gasteiger charge is -2.16. The minimum absolute atomic E-state index is 0.124. The number of hydrogen-bond donors (Lipinski definition) is 1. The number of pyridine rings is 2. The van der Waals surface area contributed by atoms with Gasteiger partial charge in [0.2, 0.25) is 5.91 Å². The van der Waals surface area contributed by atoms with Crippen molar-refractivity contribution in [3.05, 3.63) is 96.2 Å². The number of thioether (sulfide) groups is 1. The monoisotopic (exact) mass is 560 g/mol. The van der Waals surface area contributed by atoms with Crippen molar-refractivity contribution in [2.45, 2.75) is 18.4 Å². The van der Waals surface area contributed by atoms with Crippen molar-refractivity contribution in [3.8, 4) is 40.0 Å². The van der Waals surface area contributed by atoms with Crippen LogP contribution in [0.4, 0.5) is 5.69 Å². The topological polar surface area (TPSA) is 97.1 Å². The first-order valence-corrected chi connectivity index (χ1v) is 14.0. The third kappa shape index (κ3) is 6.16. The fourth-order valence-corrected chi connectivity index (χ4v) is 5.54. The second kappa shape index (κ2) is 12.5. The Morgan fingerprint density at radius 3 is 2.46 bits per heavy atom. The molecule has 2 aromatic heterocycles. The van der Waals surface area contributed by atoms with E-state index in [1.54, 1.807) is 14.2 Å². The molecule has 1 N–H and O–H groups in total. The molecule has 204 valence electrons. The maximum absolute atomic E-state index is 13.0. The highest BCUT2D eigenvalue weighted by atomic mass is 32.2. The molecule has 5 rings (SSSR count). The van der Waals surface area contributed by atoms with E-state index in [1.165, 1.54) is 11.8 Å². The van der Waals surface area contributed by atoms with E-state index in [1.807, 2.05) is 91.9 Å². The zero-order valence-electron chi connectivity index (χ0n) is 23.0. The van der Waals surface area contributed by atoms with Crippen molar-refractivity contribution in [2.75, 3.05) is 25.3 Å². The molecule has 0 aliphatic carbocycles. The fraction of sp³-hybridized carbons (Fsp3) is 0.152. The molecule has 7 nitrogen and oxygen atoms in total. The first kappa shape index (κ1) is 27.7. The van der Waals surface area contributed by atoms with Crippen LogP contribution in [0.15, 0.2) is 90.0 Å². The molecule has 5 aromatic rings. The van der Waals surface area contributed by atoms with E-state index >= 15 is 0 Å². The molecule has 0 aliphatic heterocycles. The maximum atomic E-state index is 13.0. The summed E-state index contributed by atoms with van der Waals surface area (Å²) >= 11 is 1.38. The number of aromatic nitrogens is 2. The molecule has 3 aromatic carbocycles. The Hall–Kier alpha value is -4.87. The van der Waals surface area contributed by atoms with Gasteiger partial charge in [-0.2, -0.15) is 5.26 Å². The quantitative estimate of drug-likeness (QED) is 0.189. The number of carbonyl (C=O) groups is 1. The Bertz CT molecular complexity index is 1770. The lowest BCUT2D eigenvalue weighted by molar-refractivity contribution is -0.115. The molecule has 0 bridgehead atoms. The molecule has 1 amide bonds. The fourth-order valence-electron chi connectivity index (χ4n) is 4.59. The molecule has 0 saturated carbocycles. The first-order valence-electron chi connectivity index (χ1n) is 13.0. The number of aryl methyl sites for hydroxylation is 1. The van der Waals surface area contributed by atoms with Gasteiger partial charge in [-0.25, -0.2) is 4.98 Å². The number of para-hydroxylation sites is 1. The summed E-state index contributed by atoms with van der Waals surface area (Å²) < 4.78 is 11.1. The SMILES string of the molecule is COc1ccc(OC)c(-c2cc(-c3ccccc3)nc(SCCC(=O)Nc3cc(C)nc4ccccc34)c2C#N)c1. The van der Waals surface area contributed by atoms with Crippen molar-refractivity contribution in [3.63, 3.8) is 0 Å². The van der Waals surface area contributed by atoms with Crippen molar-refractivity contribution >= 4 is 34.3 Å². The van der Waals surface area contributed by atoms with Crippen LogP contribution in [0.5, 0.6) is 11.5 Å². The molecule has 0 atom stereocenters. The number of benzene rings is 3. The Morgan fingerprint density at radius 1 is 0.927 bits per heavy atom. The number of nitrogens with zero attached hydrogens (tertiary/aromatic N) is 3. The van der Waals surface area contributed by atoms with E-state index in [-0.39, 0.29) is 12.3 Å². The number of nitriles is 1. The number of methoxy groups -OCH3 is 2. The number of hydrogen-bond acceptors (Lipinski definition) is 7. The number of amides is 1. The normalized spacial score (nSPS) is 10.7. The van der Waals surface area contributed by atoms with Gasteiger partial charge in [0.25, 0.3) is 0 Å². The second-order valence-corrected chi connectivity index (χ2v) is 10.3. The van der Waals surface area contributed by atoms with Crippen LogP contribution in [0.3, 0.4) is 0 Å². The summed E-state index contributed by atoms with van der Waals surface area (Å²) in [6, 6.07) is 29.1. The molecule has 41 heavy (non-hydrogen) atoms. The number of anilines is 1. The van der Waals surface area contributed by atoms with E-state index in [0.29, 0.717) is 33.4 Å². The van der Waals surface area contributed by atoms with E-state index in [4.69, 9.17) is 14.5 Å². The summed E-state index contributed by atoms with van der Waals surface area (Å²) in [5, 5.41) is 14.8. The first-order chi connectivity index (χ1) is 20.0. The number of ether oxygens (including phenoxy) is 2. The zero-order chi connectivity index (χ0) is 28.8. The van der Waals surface area contributed by atoms with Gasteiger partial charge in [-0.05, 0) is 43.3 Å². The molecule has 0 fully saturated rings. The summed E-state index contributed by atoms with van der Waals surface area (Å²) in [6.07, 6.45) is 0.236. The van der Waals surface area contributed by atoms with Gasteiger partial charge in [-0.3, -0.25) is 9.78 Å². The van der Waals surface area contributed by atoms with E-state index in [2.05, 4.69) is 16.4 Å². The zero-order valence-corrected chi connectivity index (χ0v) is 23.8. The highest BCUT2D eigenvalue weighted by Crippen LogP contribution is 2.40. The third-order valence-corrected chi connectivity index (χ3v) is 7.53. The van der Waals surface area contributed by atoms with Crippen LogP contribution in [0, 0.1) is 18.3 Å². The van der Waals surface area contributed by atoms with E-state index in [0.717, 1.165) is 39.1 Å². The minimum atomic E-state index is -0.124. The average molecular weight is 561 g/mol. The van der Waals surface area contributed by atoms with Gasteiger partial charge in [0.05, 0.1) is 36.7 Å². The smallest absolute Gasteiger partial charge is 0.225 e. The maximum Gasteiger partial charge on any atom is 0.225 e. The Labute approximate surface area is 243 Å². The highest BCUT2D eigenvalue weighted by Gasteiger charge is 2.20. The van der Waals surface area contributed by atoms with Crippen LogP contribution in [0.25, 0.3) is 33.3 Å². The molecule has 0 saturated heterocycles. The van der Waals surface area contributed by atoms with Gasteiger partial charge in [0.15, 0.2) is 0 Å². The molecular formula is C33H28N4O3S. The molecule has 0 spiro atoms. The predicted octanol–water partition coefficient (Wildman–Crippen LogP) is 7.28. The number of rotatable bonds is 9. The summed E-state index contributed by atoms with van der Waals surface area (Å²) in [4.78, 5) is 22.4. The molecule has 0 unspecified atom stereocenters. The lowest BCUT2D eigenvalue weighted by Crippen LogP contribution is -2.13. The van der Waals surface area contributed by atoms with Crippen LogP contribution in [-0.2, 0) is 4.79 Å². The summed E-state index contributed by atoms with van der Waals surface area (Å²) in [7, 11) is 3.19. The number of carbonyl (C=O) groups excluding carboxylic acids is 1. The molecule has 0 radical (unpaired) electrons. The van der Waals surface area contributed by atoms with Gasteiger partial charge < -0.3 is 14.8 Å². The Kier molecular flexibility index (Phi) is 8.47. The number of nitrogens with one attached hydrogen (secondary N) is 1. The van der Waals surface area contributed by atoms with Crippen LogP contribution < -0.4 is 14.8 Å². The van der Waals surface area contributed by atoms with Crippen LogP contribution >= 0.6 is 11.8 Å². The van der Waals surface area contributed by atoms with Gasteiger partial charge >= 0.3 is 0 Å². The van der Waals surface area contributed by atoms with Gasteiger partial charge in [0.1, 0.15) is 22.6 Å². The standard InChI is InChI=1S/C33H28N4O3S/c1-21-17-30(24-11-7-8-12-28(24)35-21)36-32(38)15-16-41-33-27(20-34)25(19-29(37-33)22-9-5-4-6-10-22)26-18-23(39-2)13-14-31(26)40-3/h4-14,17-19H,15-16H2,1-3H3,(H,35,36,38). The van der Waals surface area contributed by atoms with Crippen molar-refractivity contribution < 1.29 is 14.3 Å². The molecule has 8 heteroatoms. The van der Waals surface area contributed by atoms with Crippen molar-refractivity contribution in [1.29, 1.82) is 5.26 Å². The number of fused-ring (bicyclic) bond motifs is 1. The summed E-state index contributed by atoms with van der Waals surface area (Å²) in [5.74, 6) is 1.57. The molecule has 2 heterocycles. The van der Waals surface area contributed by atoms with Gasteiger partial charge in [-0.1, -0.05) is 48.5 Å². The summed E-state index contributed by atoms with van der Waals surface area (Å²) in [6.45, 7) is 1.90.